The van der Waals surface area contributed by atoms with E-state index in [2.05, 4.69) is 14.3 Å². The highest BCUT2D eigenvalue weighted by atomic mass is 32.2. The van der Waals surface area contributed by atoms with Crippen molar-refractivity contribution in [2.24, 2.45) is 0 Å². The van der Waals surface area contributed by atoms with Crippen molar-refractivity contribution in [3.8, 4) is 0 Å². The molecule has 0 N–H and O–H groups in total. The standard InChI is InChI=1S/C10H11N3OS2/c1-14-7-4-9-12-10(16-13-9)15-8-2-5-11-6-3-8/h2-3,5-6H,4,7H2,1H3. The summed E-state index contributed by atoms with van der Waals surface area (Å²) in [5, 5.41) is 0. The van der Waals surface area contributed by atoms with Crippen molar-refractivity contribution in [1.82, 2.24) is 14.3 Å². The van der Waals surface area contributed by atoms with Crippen LogP contribution in [0.15, 0.2) is 33.8 Å². The van der Waals surface area contributed by atoms with E-state index in [1.54, 1.807) is 31.3 Å². The van der Waals surface area contributed by atoms with Gasteiger partial charge in [-0.05, 0) is 23.7 Å². The maximum Gasteiger partial charge on any atom is 0.174 e. The van der Waals surface area contributed by atoms with Gasteiger partial charge in [0.15, 0.2) is 4.34 Å². The predicted molar refractivity (Wildman–Crippen MR) is 63.8 cm³/mol. The molecule has 0 aliphatic carbocycles. The average molecular weight is 253 g/mol. The molecule has 4 nitrogen and oxygen atoms in total. The Morgan fingerprint density at radius 3 is 2.94 bits per heavy atom. The lowest BCUT2D eigenvalue weighted by molar-refractivity contribution is 0.200. The minimum atomic E-state index is 0.663. The summed E-state index contributed by atoms with van der Waals surface area (Å²) in [7, 11) is 1.68. The summed E-state index contributed by atoms with van der Waals surface area (Å²) < 4.78 is 10.2. The molecule has 0 fully saturated rings. The Morgan fingerprint density at radius 2 is 2.19 bits per heavy atom. The largest absolute Gasteiger partial charge is 0.384 e. The maximum absolute atomic E-state index is 4.98. The van der Waals surface area contributed by atoms with Gasteiger partial charge >= 0.3 is 0 Å². The van der Waals surface area contributed by atoms with Crippen molar-refractivity contribution in [3.63, 3.8) is 0 Å². The molecule has 0 unspecified atom stereocenters. The summed E-state index contributed by atoms with van der Waals surface area (Å²) in [6.45, 7) is 0.663. The molecular formula is C10H11N3OS2. The molecule has 0 radical (unpaired) electrons. The minimum absolute atomic E-state index is 0.663. The first-order chi connectivity index (χ1) is 7.88. The molecule has 2 heterocycles. The zero-order valence-corrected chi connectivity index (χ0v) is 10.4. The van der Waals surface area contributed by atoms with Crippen LogP contribution < -0.4 is 0 Å². The molecule has 0 spiro atoms. The van der Waals surface area contributed by atoms with E-state index in [0.29, 0.717) is 6.61 Å². The predicted octanol–water partition coefficient (Wildman–Crippen LogP) is 2.27. The number of hydrogen-bond acceptors (Lipinski definition) is 6. The Labute approximate surface area is 102 Å². The minimum Gasteiger partial charge on any atom is -0.384 e. The van der Waals surface area contributed by atoms with Crippen LogP contribution in [0.5, 0.6) is 0 Å². The van der Waals surface area contributed by atoms with E-state index in [0.717, 1.165) is 21.5 Å². The fourth-order valence-corrected chi connectivity index (χ4v) is 2.70. The van der Waals surface area contributed by atoms with Crippen molar-refractivity contribution in [2.75, 3.05) is 13.7 Å². The third kappa shape index (κ3) is 3.26. The number of pyridine rings is 1. The first-order valence-corrected chi connectivity index (χ1v) is 6.37. The summed E-state index contributed by atoms with van der Waals surface area (Å²) in [5.74, 6) is 0.850. The first-order valence-electron chi connectivity index (χ1n) is 4.78. The summed E-state index contributed by atoms with van der Waals surface area (Å²) in [5.41, 5.74) is 0. The molecule has 84 valence electrons. The van der Waals surface area contributed by atoms with Gasteiger partial charge in [0.25, 0.3) is 0 Å². The molecule has 0 amide bonds. The first kappa shape index (κ1) is 11.5. The number of ether oxygens (including phenoxy) is 1. The highest BCUT2D eigenvalue weighted by Gasteiger charge is 2.05. The normalized spacial score (nSPS) is 10.6. The molecule has 6 heteroatoms. The van der Waals surface area contributed by atoms with Crippen LogP contribution in [0.2, 0.25) is 0 Å². The van der Waals surface area contributed by atoms with Crippen LogP contribution in [0.4, 0.5) is 0 Å². The van der Waals surface area contributed by atoms with Crippen molar-refractivity contribution >= 4 is 23.3 Å². The van der Waals surface area contributed by atoms with Crippen molar-refractivity contribution < 1.29 is 4.74 Å². The van der Waals surface area contributed by atoms with E-state index >= 15 is 0 Å². The van der Waals surface area contributed by atoms with E-state index in [4.69, 9.17) is 4.74 Å². The average Bonchev–Trinajstić information content (AvgIpc) is 2.75. The van der Waals surface area contributed by atoms with Crippen molar-refractivity contribution in [2.45, 2.75) is 15.7 Å². The lowest BCUT2D eigenvalue weighted by Crippen LogP contribution is -1.95. The lowest BCUT2D eigenvalue weighted by Gasteiger charge is -1.94. The zero-order valence-electron chi connectivity index (χ0n) is 8.79. The molecule has 0 aromatic carbocycles. The fourth-order valence-electron chi connectivity index (χ4n) is 1.08. The molecule has 16 heavy (non-hydrogen) atoms. The highest BCUT2D eigenvalue weighted by molar-refractivity contribution is 8.01. The zero-order chi connectivity index (χ0) is 11.2. The van der Waals surface area contributed by atoms with E-state index in [1.165, 1.54) is 11.5 Å². The molecule has 0 bridgehead atoms. The van der Waals surface area contributed by atoms with Crippen LogP contribution in [0, 0.1) is 0 Å². The molecule has 0 aliphatic heterocycles. The molecule has 0 aliphatic rings. The van der Waals surface area contributed by atoms with E-state index < -0.39 is 0 Å². The highest BCUT2D eigenvalue weighted by Crippen LogP contribution is 2.28. The second-order valence-corrected chi connectivity index (χ2v) is 5.08. The van der Waals surface area contributed by atoms with Crippen LogP contribution in [-0.4, -0.2) is 28.1 Å². The molecular weight excluding hydrogens is 242 g/mol. The van der Waals surface area contributed by atoms with Gasteiger partial charge in [-0.3, -0.25) is 4.98 Å². The Balaban J connectivity index is 1.97. The van der Waals surface area contributed by atoms with E-state index in [-0.39, 0.29) is 0 Å². The number of aromatic nitrogens is 3. The van der Waals surface area contributed by atoms with Crippen molar-refractivity contribution in [3.05, 3.63) is 30.4 Å². The van der Waals surface area contributed by atoms with Gasteiger partial charge < -0.3 is 4.74 Å². The molecule has 2 rings (SSSR count). The lowest BCUT2D eigenvalue weighted by atomic mass is 10.4. The van der Waals surface area contributed by atoms with Gasteiger partial charge in [-0.25, -0.2) is 4.98 Å². The molecule has 0 saturated heterocycles. The second kappa shape index (κ2) is 5.93. The Morgan fingerprint density at radius 1 is 1.38 bits per heavy atom. The summed E-state index contributed by atoms with van der Waals surface area (Å²) in [6.07, 6.45) is 4.31. The number of nitrogens with zero attached hydrogens (tertiary/aromatic N) is 3. The maximum atomic E-state index is 4.98. The van der Waals surface area contributed by atoms with Gasteiger partial charge in [-0.1, -0.05) is 11.8 Å². The Bertz CT molecular complexity index is 433. The Hall–Kier alpha value is -0.980. The third-order valence-electron chi connectivity index (χ3n) is 1.83. The van der Waals surface area contributed by atoms with Crippen molar-refractivity contribution in [1.29, 1.82) is 0 Å². The van der Waals surface area contributed by atoms with Gasteiger partial charge in [0.2, 0.25) is 0 Å². The van der Waals surface area contributed by atoms with Crippen LogP contribution >= 0.6 is 23.3 Å². The van der Waals surface area contributed by atoms with Gasteiger partial charge in [0, 0.05) is 30.8 Å². The smallest absolute Gasteiger partial charge is 0.174 e. The number of rotatable bonds is 5. The van der Waals surface area contributed by atoms with Gasteiger partial charge in [0.05, 0.1) is 6.61 Å². The van der Waals surface area contributed by atoms with Crippen LogP contribution in [-0.2, 0) is 11.2 Å². The van der Waals surface area contributed by atoms with Gasteiger partial charge in [-0.15, -0.1) is 0 Å². The molecule has 2 aromatic heterocycles. The van der Waals surface area contributed by atoms with Gasteiger partial charge in [-0.2, -0.15) is 4.37 Å². The summed E-state index contributed by atoms with van der Waals surface area (Å²) >= 11 is 3.03. The third-order valence-corrected chi connectivity index (χ3v) is 3.63. The fraction of sp³-hybridized carbons (Fsp3) is 0.300. The Kier molecular flexibility index (Phi) is 4.26. The topological polar surface area (TPSA) is 47.9 Å². The number of methoxy groups -OCH3 is 1. The molecule has 0 saturated carbocycles. The quantitative estimate of drug-likeness (QED) is 0.818. The number of hydrogen-bond donors (Lipinski definition) is 0. The van der Waals surface area contributed by atoms with E-state index in [9.17, 15) is 0 Å². The molecule has 0 atom stereocenters. The second-order valence-electron chi connectivity index (χ2n) is 3.00. The monoisotopic (exact) mass is 253 g/mol. The summed E-state index contributed by atoms with van der Waals surface area (Å²) in [4.78, 5) is 9.51. The summed E-state index contributed by atoms with van der Waals surface area (Å²) in [6, 6.07) is 3.92. The SMILES string of the molecule is COCCc1nsc(Sc2ccncc2)n1. The van der Waals surface area contributed by atoms with Gasteiger partial charge in [0.1, 0.15) is 5.82 Å². The van der Waals surface area contributed by atoms with E-state index in [1.807, 2.05) is 12.1 Å². The molecule has 2 aromatic rings. The van der Waals surface area contributed by atoms with Crippen LogP contribution in [0.25, 0.3) is 0 Å². The van der Waals surface area contributed by atoms with Crippen LogP contribution in [0.3, 0.4) is 0 Å². The van der Waals surface area contributed by atoms with Crippen LogP contribution in [0.1, 0.15) is 5.82 Å².